The molecule has 0 unspecified atom stereocenters. The summed E-state index contributed by atoms with van der Waals surface area (Å²) < 4.78 is 24.3. The molecular formula is C30H35FN2O4S. The molecule has 38 heavy (non-hydrogen) atoms. The SMILES string of the molecule is COc1cc(OC)cc(C(=O)N(CC(=O)N(Cc2ccc(F)cc2)Cc2sccc2C)C2CCCCC2)c1. The van der Waals surface area contributed by atoms with Crippen molar-refractivity contribution in [2.75, 3.05) is 20.8 Å². The first-order valence-corrected chi connectivity index (χ1v) is 13.8. The normalized spacial score (nSPS) is 13.7. The molecule has 1 saturated carbocycles. The van der Waals surface area contributed by atoms with Gasteiger partial charge >= 0.3 is 0 Å². The van der Waals surface area contributed by atoms with Crippen LogP contribution in [0.2, 0.25) is 0 Å². The Kier molecular flexibility index (Phi) is 9.39. The van der Waals surface area contributed by atoms with E-state index in [0.29, 0.717) is 30.2 Å². The average molecular weight is 539 g/mol. The number of methoxy groups -OCH3 is 2. The summed E-state index contributed by atoms with van der Waals surface area (Å²) in [6.07, 6.45) is 4.91. The third-order valence-corrected chi connectivity index (χ3v) is 8.13. The molecule has 0 bridgehead atoms. The lowest BCUT2D eigenvalue weighted by molar-refractivity contribution is -0.133. The van der Waals surface area contributed by atoms with Gasteiger partial charge in [0.2, 0.25) is 5.91 Å². The van der Waals surface area contributed by atoms with Gasteiger partial charge in [-0.2, -0.15) is 0 Å². The van der Waals surface area contributed by atoms with Crippen LogP contribution in [0.5, 0.6) is 11.5 Å². The number of ether oxygens (including phenoxy) is 2. The van der Waals surface area contributed by atoms with Crippen LogP contribution in [0, 0.1) is 12.7 Å². The van der Waals surface area contributed by atoms with E-state index in [2.05, 4.69) is 0 Å². The molecule has 0 radical (unpaired) electrons. The van der Waals surface area contributed by atoms with Gasteiger partial charge in [0, 0.05) is 29.1 Å². The molecule has 0 saturated heterocycles. The first kappa shape index (κ1) is 27.6. The summed E-state index contributed by atoms with van der Waals surface area (Å²) in [5.74, 6) is 0.373. The highest BCUT2D eigenvalue weighted by Gasteiger charge is 2.30. The van der Waals surface area contributed by atoms with Crippen LogP contribution < -0.4 is 9.47 Å². The van der Waals surface area contributed by atoms with Gasteiger partial charge in [-0.1, -0.05) is 31.4 Å². The lowest BCUT2D eigenvalue weighted by Crippen LogP contribution is -2.48. The standard InChI is InChI=1S/C30H35FN2O4S/c1-21-13-14-38-28(21)19-32(18-22-9-11-24(31)12-10-22)29(34)20-33(25-7-5-4-6-8-25)30(35)23-15-26(36-2)17-27(16-23)37-3/h9-17,25H,4-8,18-20H2,1-3H3. The van der Waals surface area contributed by atoms with Gasteiger partial charge in [-0.15, -0.1) is 11.3 Å². The van der Waals surface area contributed by atoms with Gasteiger partial charge in [0.15, 0.2) is 0 Å². The maximum absolute atomic E-state index is 13.9. The van der Waals surface area contributed by atoms with Gasteiger partial charge in [-0.3, -0.25) is 9.59 Å². The van der Waals surface area contributed by atoms with Crippen molar-refractivity contribution in [2.45, 2.75) is 58.2 Å². The van der Waals surface area contributed by atoms with E-state index in [-0.39, 0.29) is 30.2 Å². The Morgan fingerprint density at radius 2 is 1.61 bits per heavy atom. The fourth-order valence-electron chi connectivity index (χ4n) is 4.88. The van der Waals surface area contributed by atoms with E-state index in [1.807, 2.05) is 18.4 Å². The smallest absolute Gasteiger partial charge is 0.254 e. The highest BCUT2D eigenvalue weighted by atomic mass is 32.1. The van der Waals surface area contributed by atoms with Crippen molar-refractivity contribution >= 4 is 23.2 Å². The molecule has 1 aromatic heterocycles. The zero-order valence-corrected chi connectivity index (χ0v) is 23.1. The number of thiophene rings is 1. The van der Waals surface area contributed by atoms with E-state index in [9.17, 15) is 14.0 Å². The Hall–Kier alpha value is -3.39. The number of hydrogen-bond acceptors (Lipinski definition) is 5. The van der Waals surface area contributed by atoms with Crippen molar-refractivity contribution in [3.63, 3.8) is 0 Å². The molecule has 8 heteroatoms. The Bertz CT molecular complexity index is 1220. The topological polar surface area (TPSA) is 59.1 Å². The quantitative estimate of drug-likeness (QED) is 0.308. The minimum absolute atomic E-state index is 0.0199. The summed E-state index contributed by atoms with van der Waals surface area (Å²) in [7, 11) is 3.09. The fraction of sp³-hybridized carbons (Fsp3) is 0.400. The molecule has 0 aliphatic heterocycles. The Labute approximate surface area is 228 Å². The molecule has 2 aromatic carbocycles. The second-order valence-corrected chi connectivity index (χ2v) is 10.7. The summed E-state index contributed by atoms with van der Waals surface area (Å²) in [5, 5.41) is 2.01. The predicted octanol–water partition coefficient (Wildman–Crippen LogP) is 6.22. The van der Waals surface area contributed by atoms with Gasteiger partial charge in [0.05, 0.1) is 20.8 Å². The molecule has 3 aromatic rings. The molecule has 1 fully saturated rings. The Morgan fingerprint density at radius 1 is 0.947 bits per heavy atom. The van der Waals surface area contributed by atoms with Crippen LogP contribution in [-0.4, -0.2) is 48.4 Å². The van der Waals surface area contributed by atoms with Gasteiger partial charge in [-0.05, 0) is 66.6 Å². The first-order chi connectivity index (χ1) is 18.4. The lowest BCUT2D eigenvalue weighted by atomic mass is 9.93. The summed E-state index contributed by atoms with van der Waals surface area (Å²) in [4.78, 5) is 32.4. The minimum atomic E-state index is -0.316. The number of benzene rings is 2. The zero-order chi connectivity index (χ0) is 27.1. The van der Waals surface area contributed by atoms with Crippen molar-refractivity contribution < 1.29 is 23.5 Å². The van der Waals surface area contributed by atoms with Gasteiger partial charge < -0.3 is 19.3 Å². The Balaban J connectivity index is 1.63. The summed E-state index contributed by atoms with van der Waals surface area (Å²) >= 11 is 1.60. The molecule has 6 nitrogen and oxygen atoms in total. The molecule has 2 amide bonds. The average Bonchev–Trinajstić information content (AvgIpc) is 3.36. The van der Waals surface area contributed by atoms with Crippen LogP contribution >= 0.6 is 11.3 Å². The molecule has 1 aliphatic carbocycles. The van der Waals surface area contributed by atoms with Crippen LogP contribution in [0.25, 0.3) is 0 Å². The third-order valence-electron chi connectivity index (χ3n) is 7.12. The summed E-state index contributed by atoms with van der Waals surface area (Å²) in [5.41, 5.74) is 2.39. The largest absolute Gasteiger partial charge is 0.497 e. The molecule has 1 aliphatic rings. The monoisotopic (exact) mass is 538 g/mol. The molecule has 0 spiro atoms. The van der Waals surface area contributed by atoms with Crippen LogP contribution in [0.3, 0.4) is 0 Å². The summed E-state index contributed by atoms with van der Waals surface area (Å²) in [6.45, 7) is 2.75. The van der Waals surface area contributed by atoms with E-state index in [0.717, 1.165) is 48.1 Å². The second kappa shape index (κ2) is 12.9. The van der Waals surface area contributed by atoms with Crippen molar-refractivity contribution in [2.24, 2.45) is 0 Å². The number of carbonyl (C=O) groups excluding carboxylic acids is 2. The van der Waals surface area contributed by atoms with Crippen molar-refractivity contribution in [1.29, 1.82) is 0 Å². The molecule has 1 heterocycles. The number of carbonyl (C=O) groups is 2. The lowest BCUT2D eigenvalue weighted by Gasteiger charge is -2.35. The molecule has 0 atom stereocenters. The van der Waals surface area contributed by atoms with Crippen molar-refractivity contribution in [3.05, 3.63) is 81.3 Å². The number of aryl methyl sites for hydroxylation is 1. The van der Waals surface area contributed by atoms with Crippen LogP contribution in [0.4, 0.5) is 4.39 Å². The number of nitrogens with zero attached hydrogens (tertiary/aromatic N) is 2. The number of halogens is 1. The van der Waals surface area contributed by atoms with E-state index >= 15 is 0 Å². The predicted molar refractivity (Wildman–Crippen MR) is 147 cm³/mol. The van der Waals surface area contributed by atoms with E-state index < -0.39 is 0 Å². The van der Waals surface area contributed by atoms with Crippen LogP contribution in [-0.2, 0) is 17.9 Å². The van der Waals surface area contributed by atoms with E-state index in [1.54, 1.807) is 65.7 Å². The van der Waals surface area contributed by atoms with Gasteiger partial charge in [0.1, 0.15) is 23.9 Å². The highest BCUT2D eigenvalue weighted by Crippen LogP contribution is 2.28. The second-order valence-electron chi connectivity index (χ2n) is 9.73. The van der Waals surface area contributed by atoms with Crippen molar-refractivity contribution in [3.8, 4) is 11.5 Å². The van der Waals surface area contributed by atoms with E-state index in [4.69, 9.17) is 9.47 Å². The van der Waals surface area contributed by atoms with E-state index in [1.165, 1.54) is 12.1 Å². The van der Waals surface area contributed by atoms with Crippen LogP contribution in [0.1, 0.15) is 58.5 Å². The number of amides is 2. The molecule has 4 rings (SSSR count). The van der Waals surface area contributed by atoms with Gasteiger partial charge in [-0.25, -0.2) is 4.39 Å². The number of hydrogen-bond donors (Lipinski definition) is 0. The first-order valence-electron chi connectivity index (χ1n) is 13.0. The maximum atomic E-state index is 13.9. The van der Waals surface area contributed by atoms with Crippen molar-refractivity contribution in [1.82, 2.24) is 9.80 Å². The summed E-state index contributed by atoms with van der Waals surface area (Å²) in [6, 6.07) is 13.3. The molecule has 0 N–H and O–H groups in total. The highest BCUT2D eigenvalue weighted by molar-refractivity contribution is 7.10. The van der Waals surface area contributed by atoms with Crippen LogP contribution in [0.15, 0.2) is 53.9 Å². The maximum Gasteiger partial charge on any atom is 0.254 e. The fourth-order valence-corrected chi connectivity index (χ4v) is 5.80. The van der Waals surface area contributed by atoms with Gasteiger partial charge in [0.25, 0.3) is 5.91 Å². The zero-order valence-electron chi connectivity index (χ0n) is 22.2. The third kappa shape index (κ3) is 6.92. The molecule has 202 valence electrons. The molecular weight excluding hydrogens is 503 g/mol. The minimum Gasteiger partial charge on any atom is -0.497 e. The number of rotatable bonds is 10. The Morgan fingerprint density at radius 3 is 2.18 bits per heavy atom.